The van der Waals surface area contributed by atoms with Crippen LogP contribution in [0.15, 0.2) is 59.6 Å². The second-order valence-corrected chi connectivity index (χ2v) is 10.6. The van der Waals surface area contributed by atoms with E-state index in [1.807, 2.05) is 42.5 Å². The van der Waals surface area contributed by atoms with Crippen molar-refractivity contribution in [1.29, 1.82) is 5.26 Å². The van der Waals surface area contributed by atoms with Crippen molar-refractivity contribution >= 4 is 22.7 Å². The number of aliphatic hydroxyl groups is 1. The zero-order chi connectivity index (χ0) is 25.3. The van der Waals surface area contributed by atoms with Gasteiger partial charge in [-0.25, -0.2) is 4.39 Å². The Hall–Kier alpha value is -2.66. The van der Waals surface area contributed by atoms with E-state index in [1.165, 1.54) is 0 Å². The predicted octanol–water partition coefficient (Wildman–Crippen LogP) is 6.02. The molecule has 190 valence electrons. The van der Waals surface area contributed by atoms with Crippen LogP contribution >= 0.6 is 11.8 Å². The Bertz CT molecular complexity index is 1180. The number of rotatable bonds is 11. The molecule has 0 bridgehead atoms. The number of nitrogens with zero attached hydrogens (tertiary/aromatic N) is 3. The highest BCUT2D eigenvalue weighted by Crippen LogP contribution is 2.35. The van der Waals surface area contributed by atoms with Crippen LogP contribution in [0.2, 0.25) is 0 Å². The third-order valence-corrected chi connectivity index (χ3v) is 8.25. The van der Waals surface area contributed by atoms with E-state index in [1.54, 1.807) is 31.1 Å². The van der Waals surface area contributed by atoms with Crippen LogP contribution in [0.25, 0.3) is 10.9 Å². The number of hydrogen-bond donors (Lipinski definition) is 1. The largest absolute Gasteiger partial charge is 0.497 e. The Kier molecular flexibility index (Phi) is 9.57. The van der Waals surface area contributed by atoms with Crippen molar-refractivity contribution in [3.05, 3.63) is 65.9 Å². The number of pyridine rings is 1. The summed E-state index contributed by atoms with van der Waals surface area (Å²) in [4.78, 5) is 7.92. The Labute approximate surface area is 217 Å². The molecule has 0 radical (unpaired) electrons. The van der Waals surface area contributed by atoms with Gasteiger partial charge in [-0.05, 0) is 104 Å². The van der Waals surface area contributed by atoms with Gasteiger partial charge in [0.1, 0.15) is 11.9 Å². The number of nitriles is 1. The molecule has 0 saturated carbocycles. The summed E-state index contributed by atoms with van der Waals surface area (Å²) in [6.07, 6.45) is 3.84. The van der Waals surface area contributed by atoms with Crippen molar-refractivity contribution in [1.82, 2.24) is 9.88 Å². The van der Waals surface area contributed by atoms with Crippen molar-refractivity contribution in [2.24, 2.45) is 11.8 Å². The van der Waals surface area contributed by atoms with Crippen LogP contribution in [-0.2, 0) is 0 Å². The van der Waals surface area contributed by atoms with Gasteiger partial charge in [0, 0.05) is 29.6 Å². The fourth-order valence-corrected chi connectivity index (χ4v) is 6.04. The molecule has 3 aromatic rings. The van der Waals surface area contributed by atoms with Crippen LogP contribution in [0.4, 0.5) is 4.39 Å². The molecule has 1 aromatic heterocycles. The van der Waals surface area contributed by atoms with E-state index < -0.39 is 6.17 Å². The van der Waals surface area contributed by atoms with Crippen LogP contribution in [0.3, 0.4) is 0 Å². The summed E-state index contributed by atoms with van der Waals surface area (Å²) in [7, 11) is 1.61. The van der Waals surface area contributed by atoms with Crippen LogP contribution in [-0.4, -0.2) is 54.1 Å². The number of piperidine rings is 1. The summed E-state index contributed by atoms with van der Waals surface area (Å²) in [5.41, 5.74) is 2.13. The molecule has 4 rings (SSSR count). The number of hydrogen-bond acceptors (Lipinski definition) is 6. The molecule has 0 spiro atoms. The molecule has 0 amide bonds. The van der Waals surface area contributed by atoms with Crippen molar-refractivity contribution in [2.45, 2.75) is 36.8 Å². The molecule has 1 aliphatic heterocycles. The molecule has 7 heteroatoms. The molecular weight excluding hydrogens is 473 g/mol. The number of halogens is 1. The topological polar surface area (TPSA) is 69.4 Å². The Morgan fingerprint density at radius 1 is 1.25 bits per heavy atom. The minimum Gasteiger partial charge on any atom is -0.497 e. The second-order valence-electron chi connectivity index (χ2n) is 9.46. The summed E-state index contributed by atoms with van der Waals surface area (Å²) in [6.45, 7) is 2.98. The van der Waals surface area contributed by atoms with Gasteiger partial charge in [0.2, 0.25) is 0 Å². The number of aliphatic hydroxyl groups excluding tert-OH is 1. The number of ether oxygens (including phenoxy) is 1. The van der Waals surface area contributed by atoms with Gasteiger partial charge in [-0.2, -0.15) is 5.26 Å². The molecule has 2 heterocycles. The number of methoxy groups -OCH3 is 1. The lowest BCUT2D eigenvalue weighted by Gasteiger charge is -2.38. The minimum absolute atomic E-state index is 0.142. The van der Waals surface area contributed by atoms with Crippen molar-refractivity contribution in [3.63, 3.8) is 0 Å². The Balaban J connectivity index is 1.25. The summed E-state index contributed by atoms with van der Waals surface area (Å²) in [5, 5.41) is 19.9. The average molecular weight is 508 g/mol. The van der Waals surface area contributed by atoms with E-state index in [4.69, 9.17) is 10.00 Å². The molecule has 5 nitrogen and oxygen atoms in total. The minimum atomic E-state index is -1.07. The van der Waals surface area contributed by atoms with Crippen LogP contribution in [0.5, 0.6) is 5.75 Å². The molecule has 1 N–H and O–H groups in total. The normalized spacial score (nSPS) is 19.2. The highest BCUT2D eigenvalue weighted by Gasteiger charge is 2.29. The van der Waals surface area contributed by atoms with Gasteiger partial charge < -0.3 is 14.7 Å². The van der Waals surface area contributed by atoms with Gasteiger partial charge in [-0.15, -0.1) is 11.8 Å². The fourth-order valence-electron chi connectivity index (χ4n) is 5.14. The fraction of sp³-hybridized carbons (Fsp3) is 0.448. The first kappa shape index (κ1) is 26.4. The quantitative estimate of drug-likeness (QED) is 0.253. The molecule has 1 fully saturated rings. The highest BCUT2D eigenvalue weighted by molar-refractivity contribution is 7.99. The SMILES string of the molecule is COc1ccc2nccc([C@@H](F)CC[C@@H]3CCN(CCCSc4cccc(C#N)c4)C[C@@H]3CO)c2c1. The lowest BCUT2D eigenvalue weighted by atomic mass is 9.81. The first-order valence-electron chi connectivity index (χ1n) is 12.6. The maximum Gasteiger partial charge on any atom is 0.126 e. The standard InChI is InChI=1S/C29H34FN3O2S/c1-35-24-7-9-29-27(17-24)26(10-12-32-29)28(30)8-6-22-11-14-33(19-23(22)20-34)13-3-15-36-25-5-2-4-21(16-25)18-31/h2,4-5,7,9-10,12,16-17,22-23,28,34H,3,6,8,11,13-15,19-20H2,1H3/t22-,23-,28+/m1/s1. The predicted molar refractivity (Wildman–Crippen MR) is 143 cm³/mol. The number of aromatic nitrogens is 1. The molecule has 2 aromatic carbocycles. The van der Waals surface area contributed by atoms with E-state index in [9.17, 15) is 5.11 Å². The number of likely N-dealkylation sites (tertiary alicyclic amines) is 1. The van der Waals surface area contributed by atoms with Gasteiger partial charge >= 0.3 is 0 Å². The van der Waals surface area contributed by atoms with E-state index in [0.717, 1.165) is 60.4 Å². The Morgan fingerprint density at radius 2 is 2.14 bits per heavy atom. The van der Waals surface area contributed by atoms with Gasteiger partial charge in [-0.3, -0.25) is 4.98 Å². The lowest BCUT2D eigenvalue weighted by Crippen LogP contribution is -2.42. The lowest BCUT2D eigenvalue weighted by molar-refractivity contribution is 0.0640. The number of fused-ring (bicyclic) bond motifs is 1. The first-order valence-corrected chi connectivity index (χ1v) is 13.6. The number of alkyl halides is 1. The van der Waals surface area contributed by atoms with Gasteiger partial charge in [0.15, 0.2) is 0 Å². The molecule has 36 heavy (non-hydrogen) atoms. The summed E-state index contributed by atoms with van der Waals surface area (Å²) in [5.74, 6) is 2.20. The molecule has 0 unspecified atom stereocenters. The Morgan fingerprint density at radius 3 is 2.94 bits per heavy atom. The zero-order valence-electron chi connectivity index (χ0n) is 20.8. The van der Waals surface area contributed by atoms with Crippen molar-refractivity contribution < 1.29 is 14.2 Å². The van der Waals surface area contributed by atoms with Crippen LogP contribution in [0, 0.1) is 23.2 Å². The first-order chi connectivity index (χ1) is 17.6. The van der Waals surface area contributed by atoms with E-state index in [2.05, 4.69) is 16.0 Å². The molecular formula is C29H34FN3O2S. The monoisotopic (exact) mass is 507 g/mol. The molecule has 1 saturated heterocycles. The molecule has 3 atom stereocenters. The average Bonchev–Trinajstić information content (AvgIpc) is 2.93. The number of benzene rings is 2. The number of thioether (sulfide) groups is 1. The van der Waals surface area contributed by atoms with Gasteiger partial charge in [0.25, 0.3) is 0 Å². The van der Waals surface area contributed by atoms with Crippen molar-refractivity contribution in [3.8, 4) is 11.8 Å². The summed E-state index contributed by atoms with van der Waals surface area (Å²) >= 11 is 1.78. The maximum atomic E-state index is 15.4. The molecule has 1 aliphatic rings. The van der Waals surface area contributed by atoms with E-state index >= 15 is 4.39 Å². The third-order valence-electron chi connectivity index (χ3n) is 7.17. The molecule has 0 aliphatic carbocycles. The summed E-state index contributed by atoms with van der Waals surface area (Å²) in [6, 6.07) is 17.3. The van der Waals surface area contributed by atoms with Crippen LogP contribution < -0.4 is 4.74 Å². The van der Waals surface area contributed by atoms with E-state index in [-0.39, 0.29) is 12.5 Å². The summed E-state index contributed by atoms with van der Waals surface area (Å²) < 4.78 is 20.7. The van der Waals surface area contributed by atoms with Gasteiger partial charge in [0.05, 0.1) is 24.3 Å². The van der Waals surface area contributed by atoms with E-state index in [0.29, 0.717) is 29.2 Å². The smallest absolute Gasteiger partial charge is 0.126 e. The zero-order valence-corrected chi connectivity index (χ0v) is 21.6. The second kappa shape index (κ2) is 13.0. The van der Waals surface area contributed by atoms with Crippen molar-refractivity contribution in [2.75, 3.05) is 39.1 Å². The van der Waals surface area contributed by atoms with Crippen LogP contribution in [0.1, 0.15) is 43.0 Å². The highest BCUT2D eigenvalue weighted by atomic mass is 32.2. The van der Waals surface area contributed by atoms with Gasteiger partial charge in [-0.1, -0.05) is 6.07 Å². The maximum absolute atomic E-state index is 15.4. The third kappa shape index (κ3) is 6.76.